The van der Waals surface area contributed by atoms with E-state index in [-0.39, 0.29) is 6.10 Å². The zero-order chi connectivity index (χ0) is 10.1. The molecule has 0 radical (unpaired) electrons. The first kappa shape index (κ1) is 9.49. The number of benzene rings is 1. The molecule has 2 aromatic rings. The Balaban J connectivity index is 2.47. The highest BCUT2D eigenvalue weighted by atomic mass is 32.1. The van der Waals surface area contributed by atoms with Gasteiger partial charge in [0.15, 0.2) is 0 Å². The maximum Gasteiger partial charge on any atom is 0.117 e. The second-order valence-corrected chi connectivity index (χ2v) is 4.41. The molecule has 14 heavy (non-hydrogen) atoms. The van der Waals surface area contributed by atoms with Crippen LogP contribution in [-0.4, -0.2) is 16.3 Å². The van der Waals surface area contributed by atoms with Gasteiger partial charge in [-0.2, -0.15) is 0 Å². The van der Waals surface area contributed by atoms with Crippen molar-refractivity contribution in [1.82, 2.24) is 0 Å². The minimum Gasteiger partial charge on any atom is -0.508 e. The molecule has 0 aliphatic rings. The summed E-state index contributed by atoms with van der Waals surface area (Å²) in [6.07, 6.45) is 0.353. The summed E-state index contributed by atoms with van der Waals surface area (Å²) in [6, 6.07) is 5.34. The van der Waals surface area contributed by atoms with E-state index in [1.54, 1.807) is 30.4 Å². The van der Waals surface area contributed by atoms with Crippen LogP contribution in [0.25, 0.3) is 10.1 Å². The summed E-state index contributed by atoms with van der Waals surface area (Å²) in [5.41, 5.74) is 1.15. The molecule has 1 unspecified atom stereocenters. The molecule has 0 bridgehead atoms. The Morgan fingerprint density at radius 1 is 1.43 bits per heavy atom. The van der Waals surface area contributed by atoms with Gasteiger partial charge in [-0.05, 0) is 47.9 Å². The van der Waals surface area contributed by atoms with Gasteiger partial charge in [0.2, 0.25) is 0 Å². The summed E-state index contributed by atoms with van der Waals surface area (Å²) >= 11 is 1.60. The number of rotatable bonds is 2. The van der Waals surface area contributed by atoms with Gasteiger partial charge in [0.25, 0.3) is 0 Å². The van der Waals surface area contributed by atoms with Crippen molar-refractivity contribution in [1.29, 1.82) is 0 Å². The third-order valence-corrected chi connectivity index (χ3v) is 3.15. The molecule has 2 nitrogen and oxygen atoms in total. The number of aliphatic hydroxyl groups excluding tert-OH is 1. The van der Waals surface area contributed by atoms with Crippen LogP contribution in [0.2, 0.25) is 0 Å². The van der Waals surface area contributed by atoms with Crippen LogP contribution in [0.15, 0.2) is 23.6 Å². The van der Waals surface area contributed by atoms with E-state index in [0.29, 0.717) is 12.2 Å². The number of fused-ring (bicyclic) bond motifs is 1. The summed E-state index contributed by atoms with van der Waals surface area (Å²) in [7, 11) is 0. The molecule has 1 aromatic heterocycles. The number of hydrogen-bond acceptors (Lipinski definition) is 3. The molecule has 3 heteroatoms. The fourth-order valence-corrected chi connectivity index (χ4v) is 2.56. The lowest BCUT2D eigenvalue weighted by atomic mass is 10.1. The monoisotopic (exact) mass is 208 g/mol. The third kappa shape index (κ3) is 1.74. The zero-order valence-corrected chi connectivity index (χ0v) is 8.71. The summed E-state index contributed by atoms with van der Waals surface area (Å²) in [4.78, 5) is 0. The quantitative estimate of drug-likeness (QED) is 0.796. The van der Waals surface area contributed by atoms with E-state index in [1.807, 2.05) is 11.4 Å². The third-order valence-electron chi connectivity index (χ3n) is 2.15. The molecule has 0 spiro atoms. The van der Waals surface area contributed by atoms with E-state index in [4.69, 9.17) is 0 Å². The van der Waals surface area contributed by atoms with Crippen molar-refractivity contribution in [2.75, 3.05) is 0 Å². The average molecular weight is 208 g/mol. The van der Waals surface area contributed by atoms with Crippen molar-refractivity contribution in [2.45, 2.75) is 19.4 Å². The Bertz CT molecular complexity index is 445. The predicted octanol–water partition coefficient (Wildman–Crippen LogP) is 2.53. The number of hydrogen-bond donors (Lipinski definition) is 2. The fraction of sp³-hybridized carbons (Fsp3) is 0.273. The molecule has 1 aromatic carbocycles. The Labute approximate surface area is 86.4 Å². The average Bonchev–Trinajstić information content (AvgIpc) is 2.47. The Hall–Kier alpha value is -1.06. The first-order valence-electron chi connectivity index (χ1n) is 4.54. The minimum absolute atomic E-state index is 0.294. The molecule has 0 amide bonds. The second-order valence-electron chi connectivity index (χ2n) is 3.49. The lowest BCUT2D eigenvalue weighted by Crippen LogP contribution is -2.03. The van der Waals surface area contributed by atoms with Crippen molar-refractivity contribution < 1.29 is 10.2 Å². The van der Waals surface area contributed by atoms with Crippen molar-refractivity contribution in [3.05, 3.63) is 29.1 Å². The highest BCUT2D eigenvalue weighted by molar-refractivity contribution is 7.17. The van der Waals surface area contributed by atoms with E-state index >= 15 is 0 Å². The molecule has 2 rings (SSSR count). The predicted molar refractivity (Wildman–Crippen MR) is 58.9 cm³/mol. The molecule has 1 heterocycles. The van der Waals surface area contributed by atoms with Crippen LogP contribution in [0.4, 0.5) is 0 Å². The standard InChI is InChI=1S/C11H12O2S/c1-7(12)4-8-6-14-11-5-9(13)2-3-10(8)11/h2-3,5-7,12-13H,4H2,1H3. The Morgan fingerprint density at radius 3 is 2.93 bits per heavy atom. The summed E-state index contributed by atoms with van der Waals surface area (Å²) < 4.78 is 1.07. The van der Waals surface area contributed by atoms with Crippen molar-refractivity contribution in [2.24, 2.45) is 0 Å². The zero-order valence-electron chi connectivity index (χ0n) is 7.90. The van der Waals surface area contributed by atoms with Crippen LogP contribution < -0.4 is 0 Å². The number of thiophene rings is 1. The number of phenolic OH excluding ortho intramolecular Hbond substituents is 1. The summed E-state index contributed by atoms with van der Waals surface area (Å²) in [5, 5.41) is 21.7. The molecular weight excluding hydrogens is 196 g/mol. The fourth-order valence-electron chi connectivity index (χ4n) is 1.55. The first-order valence-corrected chi connectivity index (χ1v) is 5.42. The second kappa shape index (κ2) is 3.59. The van der Waals surface area contributed by atoms with E-state index in [9.17, 15) is 10.2 Å². The van der Waals surface area contributed by atoms with Crippen molar-refractivity contribution in [3.8, 4) is 5.75 Å². The van der Waals surface area contributed by atoms with Crippen LogP contribution in [-0.2, 0) is 6.42 Å². The topological polar surface area (TPSA) is 40.5 Å². The van der Waals surface area contributed by atoms with Gasteiger partial charge in [0.1, 0.15) is 5.75 Å². The molecule has 1 atom stereocenters. The molecule has 0 fully saturated rings. The van der Waals surface area contributed by atoms with Crippen LogP contribution in [0.3, 0.4) is 0 Å². The van der Waals surface area contributed by atoms with Gasteiger partial charge in [-0.15, -0.1) is 11.3 Å². The highest BCUT2D eigenvalue weighted by Gasteiger charge is 2.06. The summed E-state index contributed by atoms with van der Waals surface area (Å²) in [5.74, 6) is 0.294. The Morgan fingerprint density at radius 2 is 2.21 bits per heavy atom. The normalized spacial score (nSPS) is 13.3. The Kier molecular flexibility index (Phi) is 2.44. The van der Waals surface area contributed by atoms with E-state index in [2.05, 4.69) is 0 Å². The van der Waals surface area contributed by atoms with Crippen LogP contribution >= 0.6 is 11.3 Å². The van der Waals surface area contributed by atoms with Gasteiger partial charge in [0, 0.05) is 4.70 Å². The molecule has 2 N–H and O–H groups in total. The minimum atomic E-state index is -0.318. The highest BCUT2D eigenvalue weighted by Crippen LogP contribution is 2.29. The van der Waals surface area contributed by atoms with Crippen LogP contribution in [0.1, 0.15) is 12.5 Å². The molecule has 0 aliphatic carbocycles. The number of aliphatic hydroxyl groups is 1. The largest absolute Gasteiger partial charge is 0.508 e. The maximum absolute atomic E-state index is 9.29. The molecule has 0 saturated heterocycles. The lowest BCUT2D eigenvalue weighted by molar-refractivity contribution is 0.196. The smallest absolute Gasteiger partial charge is 0.117 e. The van der Waals surface area contributed by atoms with Crippen LogP contribution in [0, 0.1) is 0 Å². The molecule has 0 saturated carbocycles. The molecule has 0 aliphatic heterocycles. The summed E-state index contributed by atoms with van der Waals surface area (Å²) in [6.45, 7) is 1.78. The van der Waals surface area contributed by atoms with Gasteiger partial charge in [0.05, 0.1) is 6.10 Å². The van der Waals surface area contributed by atoms with E-state index in [0.717, 1.165) is 15.6 Å². The van der Waals surface area contributed by atoms with Crippen molar-refractivity contribution in [3.63, 3.8) is 0 Å². The van der Waals surface area contributed by atoms with Crippen molar-refractivity contribution >= 4 is 21.4 Å². The SMILES string of the molecule is CC(O)Cc1csc2cc(O)ccc12. The molecule has 74 valence electrons. The number of aromatic hydroxyl groups is 1. The number of phenols is 1. The molecular formula is C11H12O2S. The van der Waals surface area contributed by atoms with Gasteiger partial charge < -0.3 is 10.2 Å². The maximum atomic E-state index is 9.29. The van der Waals surface area contributed by atoms with Crippen LogP contribution in [0.5, 0.6) is 5.75 Å². The van der Waals surface area contributed by atoms with Gasteiger partial charge >= 0.3 is 0 Å². The van der Waals surface area contributed by atoms with Gasteiger partial charge in [-0.1, -0.05) is 0 Å². The van der Waals surface area contributed by atoms with E-state index < -0.39 is 0 Å². The first-order chi connectivity index (χ1) is 6.66. The van der Waals surface area contributed by atoms with Gasteiger partial charge in [-0.25, -0.2) is 0 Å². The lowest BCUT2D eigenvalue weighted by Gasteiger charge is -2.02. The van der Waals surface area contributed by atoms with E-state index in [1.165, 1.54) is 0 Å². The van der Waals surface area contributed by atoms with Gasteiger partial charge in [-0.3, -0.25) is 0 Å².